The summed E-state index contributed by atoms with van der Waals surface area (Å²) in [6.07, 6.45) is 0.890. The van der Waals surface area contributed by atoms with E-state index in [4.69, 9.17) is 9.25 Å². The Kier molecular flexibility index (Phi) is 3.73. The number of rotatable bonds is 4. The van der Waals surface area contributed by atoms with Gasteiger partial charge < -0.3 is 4.42 Å². The van der Waals surface area contributed by atoms with Crippen LogP contribution in [-0.2, 0) is 17.8 Å². The summed E-state index contributed by atoms with van der Waals surface area (Å²) in [5.41, 5.74) is 4.98. The average Bonchev–Trinajstić information content (AvgIpc) is 2.66. The summed E-state index contributed by atoms with van der Waals surface area (Å²) >= 11 is 0. The maximum absolute atomic E-state index is 5.84. The van der Waals surface area contributed by atoms with Crippen molar-refractivity contribution in [1.29, 1.82) is 0 Å². The molecule has 18 heavy (non-hydrogen) atoms. The van der Waals surface area contributed by atoms with Gasteiger partial charge in [0, 0.05) is 17.4 Å². The lowest BCUT2D eigenvalue weighted by Crippen LogP contribution is -2.28. The number of furan rings is 1. The minimum atomic E-state index is -0.189. The number of para-hydroxylation sites is 1. The molecule has 1 aromatic heterocycles. The smallest absolute Gasteiger partial charge is 0.134 e. The summed E-state index contributed by atoms with van der Waals surface area (Å²) in [7, 11) is 0. The van der Waals surface area contributed by atoms with Gasteiger partial charge in [-0.05, 0) is 26.8 Å². The molecule has 0 unspecified atom stereocenters. The zero-order chi connectivity index (χ0) is 13.2. The Labute approximate surface area is 108 Å². The van der Waals surface area contributed by atoms with Crippen molar-refractivity contribution < 1.29 is 9.25 Å². The molecule has 0 saturated heterocycles. The zero-order valence-electron chi connectivity index (χ0n) is 11.5. The third-order valence-electron chi connectivity index (χ3n) is 2.73. The molecule has 0 aliphatic rings. The number of hydrogen-bond donors (Lipinski definition) is 1. The number of hydroxylamine groups is 1. The molecule has 0 amide bonds. The van der Waals surface area contributed by atoms with Gasteiger partial charge in [0.05, 0.1) is 12.1 Å². The van der Waals surface area contributed by atoms with Crippen LogP contribution in [0.3, 0.4) is 0 Å². The van der Waals surface area contributed by atoms with Crippen molar-refractivity contribution in [2.75, 3.05) is 0 Å². The van der Waals surface area contributed by atoms with E-state index in [0.29, 0.717) is 6.54 Å². The number of nitrogens with one attached hydrogen (secondary N) is 1. The second kappa shape index (κ2) is 5.12. The summed E-state index contributed by atoms with van der Waals surface area (Å²) in [5.74, 6) is 1.03. The van der Waals surface area contributed by atoms with E-state index in [9.17, 15) is 0 Å². The van der Waals surface area contributed by atoms with Gasteiger partial charge in [-0.2, -0.15) is 5.48 Å². The average molecular weight is 247 g/mol. The van der Waals surface area contributed by atoms with Gasteiger partial charge in [0.15, 0.2) is 0 Å². The van der Waals surface area contributed by atoms with Crippen LogP contribution in [0.1, 0.15) is 39.0 Å². The summed E-state index contributed by atoms with van der Waals surface area (Å²) in [5, 5.41) is 1.17. The van der Waals surface area contributed by atoms with Crippen molar-refractivity contribution in [3.8, 4) is 0 Å². The monoisotopic (exact) mass is 247 g/mol. The van der Waals surface area contributed by atoms with Crippen LogP contribution in [0.2, 0.25) is 0 Å². The third kappa shape index (κ3) is 2.92. The second-order valence-corrected chi connectivity index (χ2v) is 5.39. The standard InChI is InChI=1S/C15H21NO2/c1-5-13-12(10-16-18-15(2,3)4)11-8-6-7-9-14(11)17-13/h6-9,16H,5,10H2,1-4H3. The normalized spacial score (nSPS) is 12.2. The Bertz CT molecular complexity index is 523. The highest BCUT2D eigenvalue weighted by Gasteiger charge is 2.14. The van der Waals surface area contributed by atoms with E-state index in [1.54, 1.807) is 0 Å². The van der Waals surface area contributed by atoms with Crippen molar-refractivity contribution in [2.24, 2.45) is 0 Å². The molecule has 0 spiro atoms. The first-order valence-electron chi connectivity index (χ1n) is 6.41. The molecule has 0 fully saturated rings. The van der Waals surface area contributed by atoms with Gasteiger partial charge in [-0.25, -0.2) is 0 Å². The topological polar surface area (TPSA) is 34.4 Å². The lowest BCUT2D eigenvalue weighted by Gasteiger charge is -2.19. The van der Waals surface area contributed by atoms with Crippen molar-refractivity contribution in [3.63, 3.8) is 0 Å². The molecule has 0 bridgehead atoms. The van der Waals surface area contributed by atoms with Gasteiger partial charge >= 0.3 is 0 Å². The van der Waals surface area contributed by atoms with Crippen LogP contribution in [-0.4, -0.2) is 5.60 Å². The Morgan fingerprint density at radius 3 is 2.61 bits per heavy atom. The van der Waals surface area contributed by atoms with E-state index >= 15 is 0 Å². The van der Waals surface area contributed by atoms with E-state index in [1.807, 2.05) is 39.0 Å². The number of fused-ring (bicyclic) bond motifs is 1. The molecule has 0 atom stereocenters. The van der Waals surface area contributed by atoms with Gasteiger partial charge in [0.25, 0.3) is 0 Å². The van der Waals surface area contributed by atoms with Crippen LogP contribution in [0.5, 0.6) is 0 Å². The molecule has 1 aromatic carbocycles. The maximum atomic E-state index is 5.84. The minimum absolute atomic E-state index is 0.189. The van der Waals surface area contributed by atoms with Crippen LogP contribution in [0.4, 0.5) is 0 Å². The predicted molar refractivity (Wildman–Crippen MR) is 73.3 cm³/mol. The van der Waals surface area contributed by atoms with Crippen molar-refractivity contribution >= 4 is 11.0 Å². The first kappa shape index (κ1) is 13.1. The van der Waals surface area contributed by atoms with Crippen LogP contribution in [0.25, 0.3) is 11.0 Å². The van der Waals surface area contributed by atoms with Gasteiger partial charge in [-0.3, -0.25) is 4.84 Å². The highest BCUT2D eigenvalue weighted by atomic mass is 16.7. The van der Waals surface area contributed by atoms with Crippen molar-refractivity contribution in [3.05, 3.63) is 35.6 Å². The number of aryl methyl sites for hydroxylation is 1. The SMILES string of the molecule is CCc1oc2ccccc2c1CNOC(C)(C)C. The van der Waals surface area contributed by atoms with Crippen molar-refractivity contribution in [1.82, 2.24) is 5.48 Å². The van der Waals surface area contributed by atoms with Crippen LogP contribution in [0, 0.1) is 0 Å². The van der Waals surface area contributed by atoms with Gasteiger partial charge in [-0.1, -0.05) is 25.1 Å². The van der Waals surface area contributed by atoms with E-state index in [1.165, 1.54) is 10.9 Å². The van der Waals surface area contributed by atoms with E-state index in [2.05, 4.69) is 18.5 Å². The lowest BCUT2D eigenvalue weighted by molar-refractivity contribution is -0.0757. The van der Waals surface area contributed by atoms with E-state index < -0.39 is 0 Å². The maximum Gasteiger partial charge on any atom is 0.134 e. The van der Waals surface area contributed by atoms with Crippen LogP contribution < -0.4 is 5.48 Å². The Hall–Kier alpha value is -1.32. The van der Waals surface area contributed by atoms with E-state index in [0.717, 1.165) is 17.8 Å². The van der Waals surface area contributed by atoms with Crippen LogP contribution >= 0.6 is 0 Å². The molecule has 2 rings (SSSR count). The third-order valence-corrected chi connectivity index (χ3v) is 2.73. The molecule has 3 heteroatoms. The highest BCUT2D eigenvalue weighted by molar-refractivity contribution is 5.82. The van der Waals surface area contributed by atoms with Gasteiger partial charge in [0.2, 0.25) is 0 Å². The highest BCUT2D eigenvalue weighted by Crippen LogP contribution is 2.26. The zero-order valence-corrected chi connectivity index (χ0v) is 11.5. The first-order chi connectivity index (χ1) is 8.51. The van der Waals surface area contributed by atoms with Gasteiger partial charge in [-0.15, -0.1) is 0 Å². The minimum Gasteiger partial charge on any atom is -0.461 e. The molecule has 1 N–H and O–H groups in total. The lowest BCUT2D eigenvalue weighted by atomic mass is 10.1. The molecule has 0 saturated carbocycles. The number of benzene rings is 1. The summed E-state index contributed by atoms with van der Waals surface area (Å²) in [4.78, 5) is 5.56. The Morgan fingerprint density at radius 2 is 1.94 bits per heavy atom. The molecular weight excluding hydrogens is 226 g/mol. The summed E-state index contributed by atoms with van der Waals surface area (Å²) in [6.45, 7) is 8.83. The molecular formula is C15H21NO2. The quantitative estimate of drug-likeness (QED) is 0.834. The van der Waals surface area contributed by atoms with Crippen LogP contribution in [0.15, 0.2) is 28.7 Å². The van der Waals surface area contributed by atoms with Crippen molar-refractivity contribution in [2.45, 2.75) is 46.3 Å². The molecule has 1 heterocycles. The van der Waals surface area contributed by atoms with E-state index in [-0.39, 0.29) is 5.60 Å². The summed E-state index contributed by atoms with van der Waals surface area (Å²) in [6, 6.07) is 8.12. The second-order valence-electron chi connectivity index (χ2n) is 5.39. The Morgan fingerprint density at radius 1 is 1.22 bits per heavy atom. The molecule has 0 radical (unpaired) electrons. The number of hydrogen-bond acceptors (Lipinski definition) is 3. The van der Waals surface area contributed by atoms with Gasteiger partial charge in [0.1, 0.15) is 11.3 Å². The largest absolute Gasteiger partial charge is 0.461 e. The summed E-state index contributed by atoms with van der Waals surface area (Å²) < 4.78 is 5.84. The Balaban J connectivity index is 2.20. The fourth-order valence-electron chi connectivity index (χ4n) is 1.95. The first-order valence-corrected chi connectivity index (χ1v) is 6.41. The molecule has 0 aliphatic carbocycles. The fourth-order valence-corrected chi connectivity index (χ4v) is 1.95. The molecule has 98 valence electrons. The molecule has 2 aromatic rings. The fraction of sp³-hybridized carbons (Fsp3) is 0.467. The predicted octanol–water partition coefficient (Wildman–Crippen LogP) is 3.81. The molecule has 0 aliphatic heterocycles. The molecule has 3 nitrogen and oxygen atoms in total.